The first-order valence-electron chi connectivity index (χ1n) is 5.28. The number of benzene rings is 1. The highest BCUT2D eigenvalue weighted by atomic mass is 19.4. The summed E-state index contributed by atoms with van der Waals surface area (Å²) >= 11 is 0. The van der Waals surface area contributed by atoms with Crippen LogP contribution in [0.4, 0.5) is 13.2 Å². The summed E-state index contributed by atoms with van der Waals surface area (Å²) in [5.41, 5.74) is 5.20. The fourth-order valence-corrected chi connectivity index (χ4v) is 1.17. The fourth-order valence-electron chi connectivity index (χ4n) is 1.17. The molecule has 0 aliphatic rings. The number of ether oxygens (including phenoxy) is 3. The smallest absolute Gasteiger partial charge is 0.487 e. The van der Waals surface area contributed by atoms with Crippen molar-refractivity contribution < 1.29 is 27.4 Å². The Kier molecular flexibility index (Phi) is 5.73. The van der Waals surface area contributed by atoms with Gasteiger partial charge >= 0.3 is 6.36 Å². The van der Waals surface area contributed by atoms with Crippen LogP contribution in [0.3, 0.4) is 0 Å². The van der Waals surface area contributed by atoms with Gasteiger partial charge in [0.05, 0.1) is 13.2 Å². The molecule has 0 spiro atoms. The summed E-state index contributed by atoms with van der Waals surface area (Å²) in [4.78, 5) is 0. The van der Waals surface area contributed by atoms with Crippen molar-refractivity contribution in [3.8, 4) is 11.5 Å². The Morgan fingerprint density at radius 2 is 1.67 bits per heavy atom. The highest BCUT2D eigenvalue weighted by molar-refractivity contribution is 5.39. The van der Waals surface area contributed by atoms with E-state index in [1.54, 1.807) is 6.07 Å². The van der Waals surface area contributed by atoms with Gasteiger partial charge in [0, 0.05) is 6.54 Å². The van der Waals surface area contributed by atoms with Crippen molar-refractivity contribution in [2.75, 3.05) is 26.4 Å². The maximum absolute atomic E-state index is 12.1. The standard InChI is InChI=1S/C11H14F3NO3/c12-11(13,14)18-10-4-2-1-3-9(10)17-8-7-16-6-5-15/h1-4H,5-8,15H2. The van der Waals surface area contributed by atoms with Gasteiger partial charge in [0.1, 0.15) is 6.61 Å². The Hall–Kier alpha value is -1.47. The monoisotopic (exact) mass is 265 g/mol. The molecule has 2 N–H and O–H groups in total. The Labute approximate surface area is 102 Å². The number of nitrogens with two attached hydrogens (primary N) is 1. The Morgan fingerprint density at radius 3 is 2.28 bits per heavy atom. The second kappa shape index (κ2) is 7.07. The summed E-state index contributed by atoms with van der Waals surface area (Å²) in [6, 6.07) is 5.56. The molecule has 0 saturated carbocycles. The first-order valence-corrected chi connectivity index (χ1v) is 5.28. The van der Waals surface area contributed by atoms with E-state index < -0.39 is 6.36 Å². The average molecular weight is 265 g/mol. The van der Waals surface area contributed by atoms with Gasteiger partial charge < -0.3 is 19.9 Å². The molecule has 1 aromatic rings. The van der Waals surface area contributed by atoms with E-state index in [0.29, 0.717) is 13.2 Å². The molecule has 7 heteroatoms. The fraction of sp³-hybridized carbons (Fsp3) is 0.455. The topological polar surface area (TPSA) is 53.7 Å². The zero-order chi connectivity index (χ0) is 13.4. The van der Waals surface area contributed by atoms with E-state index in [0.717, 1.165) is 0 Å². The van der Waals surface area contributed by atoms with Crippen molar-refractivity contribution >= 4 is 0 Å². The zero-order valence-corrected chi connectivity index (χ0v) is 9.57. The lowest BCUT2D eigenvalue weighted by molar-refractivity contribution is -0.275. The van der Waals surface area contributed by atoms with Crippen LogP contribution in [0.15, 0.2) is 24.3 Å². The normalized spacial score (nSPS) is 11.3. The van der Waals surface area contributed by atoms with Gasteiger partial charge in [-0.15, -0.1) is 13.2 Å². The maximum atomic E-state index is 12.1. The van der Waals surface area contributed by atoms with Gasteiger partial charge in [-0.25, -0.2) is 0 Å². The molecule has 102 valence electrons. The largest absolute Gasteiger partial charge is 0.573 e. The van der Waals surface area contributed by atoms with Crippen molar-refractivity contribution in [2.45, 2.75) is 6.36 Å². The molecule has 1 aromatic carbocycles. The lowest BCUT2D eigenvalue weighted by Crippen LogP contribution is -2.18. The van der Waals surface area contributed by atoms with Gasteiger partial charge in [-0.1, -0.05) is 12.1 Å². The Balaban J connectivity index is 2.49. The van der Waals surface area contributed by atoms with Crippen molar-refractivity contribution in [1.82, 2.24) is 0 Å². The average Bonchev–Trinajstić information content (AvgIpc) is 2.29. The van der Waals surface area contributed by atoms with E-state index in [-0.39, 0.29) is 24.7 Å². The van der Waals surface area contributed by atoms with Gasteiger partial charge in [-0.05, 0) is 12.1 Å². The molecule has 1 rings (SSSR count). The summed E-state index contributed by atoms with van der Waals surface area (Å²) in [7, 11) is 0. The van der Waals surface area contributed by atoms with Gasteiger partial charge in [0.25, 0.3) is 0 Å². The molecule has 0 heterocycles. The Morgan fingerprint density at radius 1 is 1.00 bits per heavy atom. The van der Waals surface area contributed by atoms with Crippen molar-refractivity contribution in [1.29, 1.82) is 0 Å². The number of hydrogen-bond acceptors (Lipinski definition) is 4. The molecule has 0 saturated heterocycles. The first-order chi connectivity index (χ1) is 8.53. The van der Waals surface area contributed by atoms with Crippen LogP contribution in [0.2, 0.25) is 0 Å². The van der Waals surface area contributed by atoms with Crippen LogP contribution in [-0.2, 0) is 4.74 Å². The summed E-state index contributed by atoms with van der Waals surface area (Å²) < 4.78 is 50.3. The summed E-state index contributed by atoms with van der Waals surface area (Å²) in [5, 5.41) is 0. The number of para-hydroxylation sites is 2. The third-order valence-electron chi connectivity index (χ3n) is 1.82. The van der Waals surface area contributed by atoms with Crippen molar-refractivity contribution in [2.24, 2.45) is 5.73 Å². The van der Waals surface area contributed by atoms with E-state index in [4.69, 9.17) is 15.2 Å². The molecule has 0 unspecified atom stereocenters. The third-order valence-corrected chi connectivity index (χ3v) is 1.82. The van der Waals surface area contributed by atoms with E-state index in [1.165, 1.54) is 18.2 Å². The summed E-state index contributed by atoms with van der Waals surface area (Å²) in [6.45, 7) is 1.13. The van der Waals surface area contributed by atoms with Gasteiger partial charge in [-0.3, -0.25) is 0 Å². The SMILES string of the molecule is NCCOCCOc1ccccc1OC(F)(F)F. The van der Waals surface area contributed by atoms with Crippen LogP contribution in [0.5, 0.6) is 11.5 Å². The van der Waals surface area contributed by atoms with E-state index in [1.807, 2.05) is 0 Å². The lowest BCUT2D eigenvalue weighted by Gasteiger charge is -2.13. The van der Waals surface area contributed by atoms with Crippen LogP contribution in [0, 0.1) is 0 Å². The number of halogens is 3. The van der Waals surface area contributed by atoms with Crippen LogP contribution in [0.1, 0.15) is 0 Å². The quantitative estimate of drug-likeness (QED) is 0.765. The van der Waals surface area contributed by atoms with E-state index in [2.05, 4.69) is 4.74 Å². The lowest BCUT2D eigenvalue weighted by atomic mass is 10.3. The second-order valence-electron chi connectivity index (χ2n) is 3.24. The Bertz CT molecular complexity index is 358. The van der Waals surface area contributed by atoms with Crippen molar-refractivity contribution in [3.63, 3.8) is 0 Å². The molecule has 0 bridgehead atoms. The third kappa shape index (κ3) is 5.74. The first kappa shape index (κ1) is 14.6. The minimum Gasteiger partial charge on any atom is -0.487 e. The van der Waals surface area contributed by atoms with E-state index >= 15 is 0 Å². The highest BCUT2D eigenvalue weighted by Gasteiger charge is 2.32. The molecule has 0 aliphatic heterocycles. The molecular formula is C11H14F3NO3. The van der Waals surface area contributed by atoms with Gasteiger partial charge in [-0.2, -0.15) is 0 Å². The molecule has 0 aliphatic carbocycles. The zero-order valence-electron chi connectivity index (χ0n) is 9.57. The van der Waals surface area contributed by atoms with Crippen LogP contribution >= 0.6 is 0 Å². The number of alkyl halides is 3. The number of rotatable bonds is 7. The van der Waals surface area contributed by atoms with Gasteiger partial charge in [0.2, 0.25) is 0 Å². The maximum Gasteiger partial charge on any atom is 0.573 e. The molecular weight excluding hydrogens is 251 g/mol. The second-order valence-corrected chi connectivity index (χ2v) is 3.24. The molecule has 4 nitrogen and oxygen atoms in total. The minimum absolute atomic E-state index is 0.0196. The molecule has 0 fully saturated rings. The molecule has 0 amide bonds. The van der Waals surface area contributed by atoms with Crippen molar-refractivity contribution in [3.05, 3.63) is 24.3 Å². The molecule has 0 radical (unpaired) electrons. The minimum atomic E-state index is -4.74. The van der Waals surface area contributed by atoms with Crippen LogP contribution in [0.25, 0.3) is 0 Å². The predicted octanol–water partition coefficient (Wildman–Crippen LogP) is 1.94. The number of hydrogen-bond donors (Lipinski definition) is 1. The summed E-state index contributed by atoms with van der Waals surface area (Å²) in [5.74, 6) is -0.352. The highest BCUT2D eigenvalue weighted by Crippen LogP contribution is 2.31. The van der Waals surface area contributed by atoms with E-state index in [9.17, 15) is 13.2 Å². The van der Waals surface area contributed by atoms with Crippen LogP contribution < -0.4 is 15.2 Å². The molecule has 0 aromatic heterocycles. The molecule has 0 atom stereocenters. The van der Waals surface area contributed by atoms with Gasteiger partial charge in [0.15, 0.2) is 11.5 Å². The molecule has 18 heavy (non-hydrogen) atoms. The summed E-state index contributed by atoms with van der Waals surface area (Å²) in [6.07, 6.45) is -4.74. The predicted molar refractivity (Wildman–Crippen MR) is 58.5 cm³/mol. The van der Waals surface area contributed by atoms with Crippen LogP contribution in [-0.4, -0.2) is 32.7 Å².